The van der Waals surface area contributed by atoms with Gasteiger partial charge in [-0.05, 0) is 24.3 Å². The highest BCUT2D eigenvalue weighted by Gasteiger charge is 2.16. The molecule has 0 spiro atoms. The number of ketones is 1. The number of hydrogen-bond acceptors (Lipinski definition) is 5. The summed E-state index contributed by atoms with van der Waals surface area (Å²) in [6, 6.07) is 12.2. The van der Waals surface area contributed by atoms with E-state index in [1.165, 1.54) is 11.8 Å². The van der Waals surface area contributed by atoms with Crippen LogP contribution in [0.2, 0.25) is 10.0 Å². The summed E-state index contributed by atoms with van der Waals surface area (Å²) in [6.45, 7) is 0. The minimum Gasteiger partial charge on any atom is -0.324 e. The Kier molecular flexibility index (Phi) is 7.34. The zero-order chi connectivity index (χ0) is 21.0. The molecule has 0 atom stereocenters. The lowest BCUT2D eigenvalue weighted by atomic mass is 10.2. The molecule has 29 heavy (non-hydrogen) atoms. The number of carbonyl (C=O) groups is 2. The molecule has 0 bridgehead atoms. The van der Waals surface area contributed by atoms with Gasteiger partial charge in [-0.1, -0.05) is 69.1 Å². The standard InChI is InChI=1S/C19H15BrCl2N4O2S/c1-26-16(9-17(28)23-14-4-2-3-13(21)18(14)22)24-25-19(26)29-10-15(27)11-5-7-12(20)8-6-11/h2-8H,9-10H2,1H3,(H,23,28). The molecule has 0 saturated heterocycles. The molecule has 0 fully saturated rings. The monoisotopic (exact) mass is 512 g/mol. The molecule has 10 heteroatoms. The summed E-state index contributed by atoms with van der Waals surface area (Å²) in [6.07, 6.45) is 0.00750. The summed E-state index contributed by atoms with van der Waals surface area (Å²) in [5.74, 6) is 0.379. The highest BCUT2D eigenvalue weighted by Crippen LogP contribution is 2.29. The number of thioether (sulfide) groups is 1. The van der Waals surface area contributed by atoms with E-state index in [0.717, 1.165) is 4.47 Å². The van der Waals surface area contributed by atoms with Gasteiger partial charge >= 0.3 is 0 Å². The van der Waals surface area contributed by atoms with Crippen molar-refractivity contribution < 1.29 is 9.59 Å². The second-order valence-electron chi connectivity index (χ2n) is 6.00. The Balaban J connectivity index is 1.60. The van der Waals surface area contributed by atoms with Crippen LogP contribution in [-0.4, -0.2) is 32.2 Å². The number of anilines is 1. The number of halogens is 3. The molecule has 0 aliphatic heterocycles. The number of nitrogens with one attached hydrogen (secondary N) is 1. The molecule has 1 aromatic heterocycles. The average molecular weight is 514 g/mol. The van der Waals surface area contributed by atoms with Crippen LogP contribution in [0.5, 0.6) is 0 Å². The van der Waals surface area contributed by atoms with Crippen molar-refractivity contribution in [3.8, 4) is 0 Å². The van der Waals surface area contributed by atoms with Crippen molar-refractivity contribution in [2.45, 2.75) is 11.6 Å². The summed E-state index contributed by atoms with van der Waals surface area (Å²) < 4.78 is 2.61. The lowest BCUT2D eigenvalue weighted by molar-refractivity contribution is -0.115. The molecule has 0 aliphatic rings. The first kappa shape index (κ1) is 21.8. The molecule has 0 aliphatic carbocycles. The van der Waals surface area contributed by atoms with E-state index >= 15 is 0 Å². The van der Waals surface area contributed by atoms with E-state index in [0.29, 0.717) is 27.3 Å². The number of hydrogen-bond donors (Lipinski definition) is 1. The van der Waals surface area contributed by atoms with Gasteiger partial charge in [-0.15, -0.1) is 10.2 Å². The van der Waals surface area contributed by atoms with Gasteiger partial charge in [0, 0.05) is 17.1 Å². The van der Waals surface area contributed by atoms with Crippen LogP contribution < -0.4 is 5.32 Å². The number of amides is 1. The van der Waals surface area contributed by atoms with Gasteiger partial charge in [-0.3, -0.25) is 9.59 Å². The van der Waals surface area contributed by atoms with Crippen LogP contribution in [-0.2, 0) is 18.3 Å². The summed E-state index contributed by atoms with van der Waals surface area (Å²) >= 11 is 16.7. The zero-order valence-electron chi connectivity index (χ0n) is 15.2. The van der Waals surface area contributed by atoms with Crippen LogP contribution in [0.25, 0.3) is 0 Å². The lowest BCUT2D eigenvalue weighted by Crippen LogP contribution is -2.17. The maximum atomic E-state index is 12.3. The van der Waals surface area contributed by atoms with Crippen LogP contribution in [0.1, 0.15) is 16.2 Å². The summed E-state index contributed by atoms with van der Waals surface area (Å²) in [5, 5.41) is 12.0. The van der Waals surface area contributed by atoms with Crippen LogP contribution in [0.4, 0.5) is 5.69 Å². The predicted molar refractivity (Wildman–Crippen MR) is 119 cm³/mol. The molecule has 1 amide bonds. The smallest absolute Gasteiger partial charge is 0.232 e. The fraction of sp³-hybridized carbons (Fsp3) is 0.158. The number of Topliss-reactive ketones (excluding diaryl/α,β-unsaturated/α-hetero) is 1. The Morgan fingerprint density at radius 3 is 2.59 bits per heavy atom. The fourth-order valence-electron chi connectivity index (χ4n) is 2.41. The highest BCUT2D eigenvalue weighted by atomic mass is 79.9. The third-order valence-electron chi connectivity index (χ3n) is 3.97. The van der Waals surface area contributed by atoms with Gasteiger partial charge in [0.1, 0.15) is 5.82 Å². The molecule has 2 aromatic carbocycles. The van der Waals surface area contributed by atoms with Gasteiger partial charge in [0.05, 0.1) is 27.9 Å². The molecule has 1 N–H and O–H groups in total. The first-order valence-electron chi connectivity index (χ1n) is 8.39. The lowest BCUT2D eigenvalue weighted by Gasteiger charge is -2.08. The van der Waals surface area contributed by atoms with Crippen molar-refractivity contribution in [1.29, 1.82) is 0 Å². The average Bonchev–Trinajstić information content (AvgIpc) is 3.03. The molecule has 0 saturated carbocycles. The molecule has 3 rings (SSSR count). The van der Waals surface area contributed by atoms with E-state index in [1.54, 1.807) is 41.9 Å². The number of benzene rings is 2. The van der Waals surface area contributed by atoms with Crippen LogP contribution >= 0.6 is 50.9 Å². The summed E-state index contributed by atoms with van der Waals surface area (Å²) in [7, 11) is 1.75. The molecule has 150 valence electrons. The van der Waals surface area contributed by atoms with Gasteiger partial charge in [0.2, 0.25) is 5.91 Å². The molecule has 0 unspecified atom stereocenters. The fourth-order valence-corrected chi connectivity index (χ4v) is 3.85. The van der Waals surface area contributed by atoms with Gasteiger partial charge in [-0.25, -0.2) is 0 Å². The van der Waals surface area contributed by atoms with E-state index in [9.17, 15) is 9.59 Å². The van der Waals surface area contributed by atoms with E-state index < -0.39 is 0 Å². The van der Waals surface area contributed by atoms with Crippen molar-refractivity contribution in [2.75, 3.05) is 11.1 Å². The van der Waals surface area contributed by atoms with Crippen LogP contribution in [0.3, 0.4) is 0 Å². The maximum Gasteiger partial charge on any atom is 0.232 e. The van der Waals surface area contributed by atoms with Gasteiger partial charge in [0.15, 0.2) is 10.9 Å². The first-order valence-corrected chi connectivity index (χ1v) is 10.9. The maximum absolute atomic E-state index is 12.3. The second kappa shape index (κ2) is 9.75. The molecular formula is C19H15BrCl2N4O2S. The van der Waals surface area contributed by atoms with Crippen molar-refractivity contribution in [1.82, 2.24) is 14.8 Å². The quantitative estimate of drug-likeness (QED) is 0.353. The van der Waals surface area contributed by atoms with Crippen LogP contribution in [0.15, 0.2) is 52.1 Å². The molecule has 1 heterocycles. The van der Waals surface area contributed by atoms with Gasteiger partial charge in [0.25, 0.3) is 0 Å². The van der Waals surface area contributed by atoms with E-state index in [1.807, 2.05) is 12.1 Å². The minimum atomic E-state index is -0.299. The van der Waals surface area contributed by atoms with Crippen LogP contribution in [0, 0.1) is 0 Å². The Morgan fingerprint density at radius 2 is 1.86 bits per heavy atom. The van der Waals surface area contributed by atoms with Crippen molar-refractivity contribution in [2.24, 2.45) is 7.05 Å². The number of nitrogens with zero attached hydrogens (tertiary/aromatic N) is 3. The number of carbonyl (C=O) groups excluding carboxylic acids is 2. The Labute approximate surface area is 190 Å². The zero-order valence-corrected chi connectivity index (χ0v) is 19.1. The second-order valence-corrected chi connectivity index (χ2v) is 8.65. The Hall–Kier alpha value is -1.87. The normalized spacial score (nSPS) is 10.8. The van der Waals surface area contributed by atoms with E-state index in [2.05, 4.69) is 31.4 Å². The Bertz CT molecular complexity index is 1060. The minimum absolute atomic E-state index is 0.00750. The largest absolute Gasteiger partial charge is 0.324 e. The topological polar surface area (TPSA) is 76.9 Å². The van der Waals surface area contributed by atoms with E-state index in [-0.39, 0.29) is 28.9 Å². The molecule has 6 nitrogen and oxygen atoms in total. The number of aromatic nitrogens is 3. The third-order valence-corrected chi connectivity index (χ3v) is 6.34. The molecule has 3 aromatic rings. The molecular weight excluding hydrogens is 499 g/mol. The highest BCUT2D eigenvalue weighted by molar-refractivity contribution is 9.10. The SMILES string of the molecule is Cn1c(CC(=O)Nc2cccc(Cl)c2Cl)nnc1SCC(=O)c1ccc(Br)cc1. The van der Waals surface area contributed by atoms with Crippen molar-refractivity contribution >= 4 is 68.3 Å². The predicted octanol–water partition coefficient (Wildman–Crippen LogP) is 5.04. The summed E-state index contributed by atoms with van der Waals surface area (Å²) in [4.78, 5) is 24.6. The van der Waals surface area contributed by atoms with Crippen molar-refractivity contribution in [3.05, 3.63) is 68.4 Å². The summed E-state index contributed by atoms with van der Waals surface area (Å²) in [5.41, 5.74) is 1.06. The van der Waals surface area contributed by atoms with Gasteiger partial charge in [-0.2, -0.15) is 0 Å². The Morgan fingerprint density at radius 1 is 1.14 bits per heavy atom. The van der Waals surface area contributed by atoms with Gasteiger partial charge < -0.3 is 9.88 Å². The van der Waals surface area contributed by atoms with Crippen molar-refractivity contribution in [3.63, 3.8) is 0 Å². The first-order chi connectivity index (χ1) is 13.8. The number of rotatable bonds is 7. The third kappa shape index (κ3) is 5.60. The molecule has 0 radical (unpaired) electrons. The van der Waals surface area contributed by atoms with E-state index in [4.69, 9.17) is 23.2 Å².